The molecule has 51 heavy (non-hydrogen) atoms. The molecule has 270 valence electrons. The molecular formula is C38H49N9O4. The van der Waals surface area contributed by atoms with Gasteiger partial charge >= 0.3 is 6.09 Å². The zero-order chi connectivity index (χ0) is 36.2. The van der Waals surface area contributed by atoms with Crippen LogP contribution in [0.1, 0.15) is 62.2 Å². The first-order valence-electron chi connectivity index (χ1n) is 17.8. The molecule has 0 bridgehead atoms. The van der Waals surface area contributed by atoms with Crippen molar-refractivity contribution in [3.63, 3.8) is 0 Å². The number of aryl methyl sites for hydroxylation is 1. The van der Waals surface area contributed by atoms with E-state index in [0.717, 1.165) is 54.3 Å². The first-order valence-corrected chi connectivity index (χ1v) is 17.8. The monoisotopic (exact) mass is 695 g/mol. The molecule has 3 aliphatic heterocycles. The number of amides is 3. The van der Waals surface area contributed by atoms with Gasteiger partial charge in [0.2, 0.25) is 5.91 Å². The summed E-state index contributed by atoms with van der Waals surface area (Å²) < 4.78 is 4.75. The second-order valence-electron chi connectivity index (χ2n) is 14.1. The lowest BCUT2D eigenvalue weighted by atomic mass is 10.0. The largest absolute Gasteiger partial charge is 0.453 e. The van der Waals surface area contributed by atoms with E-state index in [4.69, 9.17) is 14.7 Å². The number of hydrogen-bond acceptors (Lipinski definition) is 10. The topological polar surface area (TPSA) is 153 Å². The Labute approximate surface area is 299 Å². The van der Waals surface area contributed by atoms with Gasteiger partial charge in [-0.05, 0) is 69.4 Å². The normalized spacial score (nSPS) is 22.5. The lowest BCUT2D eigenvalue weighted by Gasteiger charge is -2.38. The van der Waals surface area contributed by atoms with Crippen LogP contribution in [0.15, 0.2) is 59.7 Å². The standard InChI is InChI=1S/C38H49N9O4/c1-22(2)34(45-38(50)51-6)37(49)46-17-7-8-32(46)35-41-20-31(43-35)27-11-9-26(10-12-27)30-15-14-29(25(5)42-30)44-36(48)28-13-16-33(40-19-28)47-21-23(3)39-18-24(47)4/h9-16,19,22-24,32,34-35,39,41H,7-8,17-18,20-21H2,1-6H3,(H,44,48)(H,45,50). The van der Waals surface area contributed by atoms with E-state index in [1.54, 1.807) is 6.20 Å². The van der Waals surface area contributed by atoms with Crippen molar-refractivity contribution in [1.29, 1.82) is 0 Å². The van der Waals surface area contributed by atoms with Gasteiger partial charge in [-0.25, -0.2) is 9.78 Å². The van der Waals surface area contributed by atoms with Crippen LogP contribution >= 0.6 is 0 Å². The zero-order valence-corrected chi connectivity index (χ0v) is 30.3. The van der Waals surface area contributed by atoms with Crippen molar-refractivity contribution >= 4 is 35.1 Å². The van der Waals surface area contributed by atoms with Crippen molar-refractivity contribution in [2.75, 3.05) is 43.5 Å². The molecule has 4 N–H and O–H groups in total. The van der Waals surface area contributed by atoms with Crippen LogP contribution in [0.4, 0.5) is 16.3 Å². The van der Waals surface area contributed by atoms with Gasteiger partial charge in [-0.2, -0.15) is 0 Å². The number of anilines is 2. The van der Waals surface area contributed by atoms with Crippen LogP contribution in [0.5, 0.6) is 0 Å². The minimum absolute atomic E-state index is 0.0864. The third-order valence-corrected chi connectivity index (χ3v) is 10.0. The van der Waals surface area contributed by atoms with Gasteiger partial charge in [0.15, 0.2) is 0 Å². The number of benzene rings is 1. The molecule has 2 fully saturated rings. The molecule has 0 aliphatic carbocycles. The van der Waals surface area contributed by atoms with Crippen molar-refractivity contribution in [2.45, 2.75) is 77.8 Å². The van der Waals surface area contributed by atoms with Crippen LogP contribution < -0.4 is 26.2 Å². The van der Waals surface area contributed by atoms with Crippen LogP contribution in [-0.4, -0.2) is 102 Å². The van der Waals surface area contributed by atoms with E-state index < -0.39 is 12.1 Å². The molecule has 0 radical (unpaired) electrons. The van der Waals surface area contributed by atoms with Crippen molar-refractivity contribution in [3.05, 3.63) is 71.5 Å². The number of carbonyl (C=O) groups excluding carboxylic acids is 3. The molecule has 1 aromatic carbocycles. The number of pyridine rings is 2. The lowest BCUT2D eigenvalue weighted by molar-refractivity contribution is -0.135. The van der Waals surface area contributed by atoms with Crippen molar-refractivity contribution in [3.8, 4) is 11.3 Å². The van der Waals surface area contributed by atoms with Crippen molar-refractivity contribution < 1.29 is 19.1 Å². The average molecular weight is 696 g/mol. The minimum atomic E-state index is -0.663. The number of piperazine rings is 1. The lowest BCUT2D eigenvalue weighted by Crippen LogP contribution is -2.55. The predicted molar refractivity (Wildman–Crippen MR) is 198 cm³/mol. The Morgan fingerprint density at radius 1 is 1.00 bits per heavy atom. The molecule has 13 nitrogen and oxygen atoms in total. The Morgan fingerprint density at radius 3 is 2.45 bits per heavy atom. The summed E-state index contributed by atoms with van der Waals surface area (Å²) in [6.07, 6.45) is 2.51. The molecule has 3 amide bonds. The fourth-order valence-corrected chi connectivity index (χ4v) is 7.04. The Kier molecular flexibility index (Phi) is 11.0. The maximum absolute atomic E-state index is 13.5. The van der Waals surface area contributed by atoms with Crippen LogP contribution in [-0.2, 0) is 9.53 Å². The average Bonchev–Trinajstić information content (AvgIpc) is 3.83. The first-order chi connectivity index (χ1) is 24.5. The van der Waals surface area contributed by atoms with Gasteiger partial charge in [0, 0.05) is 50.0 Å². The molecule has 2 saturated heterocycles. The fourth-order valence-electron chi connectivity index (χ4n) is 7.04. The number of methoxy groups -OCH3 is 1. The Morgan fingerprint density at radius 2 is 1.76 bits per heavy atom. The second kappa shape index (κ2) is 15.6. The fraction of sp³-hybridized carbons (Fsp3) is 0.474. The van der Waals surface area contributed by atoms with Gasteiger partial charge < -0.3 is 30.5 Å². The first kappa shape index (κ1) is 35.9. The van der Waals surface area contributed by atoms with Crippen molar-refractivity contribution in [2.24, 2.45) is 10.9 Å². The van der Waals surface area contributed by atoms with Crippen LogP contribution in [0.3, 0.4) is 0 Å². The summed E-state index contributed by atoms with van der Waals surface area (Å²) in [6.45, 7) is 13.0. The maximum Gasteiger partial charge on any atom is 0.407 e. The molecular weight excluding hydrogens is 646 g/mol. The summed E-state index contributed by atoms with van der Waals surface area (Å²) >= 11 is 0. The summed E-state index contributed by atoms with van der Waals surface area (Å²) in [5.41, 5.74) is 5.52. The molecule has 0 saturated carbocycles. The van der Waals surface area contributed by atoms with E-state index in [-0.39, 0.29) is 29.9 Å². The molecule has 13 heteroatoms. The SMILES string of the molecule is COC(=O)NC(C(=O)N1CCCC1C1N=C(c2ccc(-c3ccc(NC(=O)c4ccc(N5CC(C)NCC5C)nc4)c(C)n3)cc2)CN1)C(C)C. The van der Waals surface area contributed by atoms with Crippen LogP contribution in [0, 0.1) is 12.8 Å². The minimum Gasteiger partial charge on any atom is -0.453 e. The quantitative estimate of drug-likeness (QED) is 0.261. The summed E-state index contributed by atoms with van der Waals surface area (Å²) in [5.74, 6) is 0.444. The van der Waals surface area contributed by atoms with Gasteiger partial charge in [-0.15, -0.1) is 0 Å². The van der Waals surface area contributed by atoms with Gasteiger partial charge in [0.1, 0.15) is 18.0 Å². The number of carbonyl (C=O) groups is 3. The van der Waals surface area contributed by atoms with Gasteiger partial charge in [-0.1, -0.05) is 38.1 Å². The molecule has 2 aromatic heterocycles. The maximum atomic E-state index is 13.5. The Hall–Kier alpha value is -4.88. The molecule has 5 atom stereocenters. The highest BCUT2D eigenvalue weighted by Crippen LogP contribution is 2.27. The van der Waals surface area contributed by atoms with Crippen molar-refractivity contribution in [1.82, 2.24) is 30.8 Å². The van der Waals surface area contributed by atoms with Gasteiger partial charge in [0.05, 0.1) is 41.5 Å². The molecule has 3 aromatic rings. The van der Waals surface area contributed by atoms with E-state index in [1.165, 1.54) is 7.11 Å². The molecule has 5 heterocycles. The van der Waals surface area contributed by atoms with E-state index in [9.17, 15) is 14.4 Å². The second-order valence-corrected chi connectivity index (χ2v) is 14.1. The number of ether oxygens (including phenoxy) is 1. The number of alkyl carbamates (subject to hydrolysis) is 1. The van der Waals surface area contributed by atoms with Crippen LogP contribution in [0.2, 0.25) is 0 Å². The zero-order valence-electron chi connectivity index (χ0n) is 30.3. The highest BCUT2D eigenvalue weighted by atomic mass is 16.5. The molecule has 3 aliphatic rings. The van der Waals surface area contributed by atoms with E-state index >= 15 is 0 Å². The Bertz CT molecular complexity index is 1760. The summed E-state index contributed by atoms with van der Waals surface area (Å²) in [5, 5.41) is 12.7. The highest BCUT2D eigenvalue weighted by molar-refractivity contribution is 6.05. The number of nitrogens with zero attached hydrogens (tertiary/aromatic N) is 5. The summed E-state index contributed by atoms with van der Waals surface area (Å²) in [6, 6.07) is 15.6. The molecule has 5 unspecified atom stereocenters. The number of nitrogens with one attached hydrogen (secondary N) is 4. The molecule has 0 spiro atoms. The third kappa shape index (κ3) is 8.04. The number of hydrogen-bond donors (Lipinski definition) is 4. The third-order valence-electron chi connectivity index (χ3n) is 10.0. The number of aromatic nitrogens is 2. The van der Waals surface area contributed by atoms with E-state index in [2.05, 4.69) is 45.0 Å². The predicted octanol–water partition coefficient (Wildman–Crippen LogP) is 3.98. The van der Waals surface area contributed by atoms with Gasteiger partial charge in [0.25, 0.3) is 5.91 Å². The number of rotatable bonds is 9. The highest BCUT2D eigenvalue weighted by Gasteiger charge is 2.40. The van der Waals surface area contributed by atoms with E-state index in [1.807, 2.05) is 74.2 Å². The van der Waals surface area contributed by atoms with Gasteiger partial charge in [-0.3, -0.25) is 24.9 Å². The van der Waals surface area contributed by atoms with E-state index in [0.29, 0.717) is 42.1 Å². The van der Waals surface area contributed by atoms with Crippen LogP contribution in [0.25, 0.3) is 11.3 Å². The molecule has 6 rings (SSSR count). The number of aliphatic imine (C=N–C) groups is 1. The number of likely N-dealkylation sites (tertiary alicyclic amines) is 1. The smallest absolute Gasteiger partial charge is 0.407 e. The Balaban J connectivity index is 1.08. The summed E-state index contributed by atoms with van der Waals surface area (Å²) in [7, 11) is 1.30. The summed E-state index contributed by atoms with van der Waals surface area (Å²) in [4.78, 5) is 57.0.